The predicted molar refractivity (Wildman–Crippen MR) is 96.7 cm³/mol. The molecule has 0 aliphatic carbocycles. The Morgan fingerprint density at radius 1 is 1.17 bits per heavy atom. The molecule has 0 radical (unpaired) electrons. The molecule has 0 aromatic heterocycles. The van der Waals surface area contributed by atoms with Crippen molar-refractivity contribution in [2.45, 2.75) is 13.0 Å². The van der Waals surface area contributed by atoms with Crippen molar-refractivity contribution in [3.05, 3.63) is 58.6 Å². The topological polar surface area (TPSA) is 41.6 Å². The Kier molecular flexibility index (Phi) is 6.62. The van der Waals surface area contributed by atoms with Crippen molar-refractivity contribution in [2.75, 3.05) is 26.0 Å². The number of para-hydroxylation sites is 2. The van der Waals surface area contributed by atoms with Gasteiger partial charge in [-0.3, -0.25) is 4.79 Å². The van der Waals surface area contributed by atoms with E-state index in [1.54, 1.807) is 7.11 Å². The summed E-state index contributed by atoms with van der Waals surface area (Å²) in [6, 6.07) is 15.5. The number of hydrogen-bond acceptors (Lipinski definition) is 3. The van der Waals surface area contributed by atoms with Gasteiger partial charge in [-0.15, -0.1) is 0 Å². The van der Waals surface area contributed by atoms with E-state index in [-0.39, 0.29) is 5.91 Å². The number of benzene rings is 2. The Labute approximate surface area is 145 Å². The third-order valence-corrected chi connectivity index (χ3v) is 4.27. The molecule has 0 bridgehead atoms. The molecule has 0 unspecified atom stereocenters. The van der Waals surface area contributed by atoms with Gasteiger partial charge in [-0.05, 0) is 30.8 Å². The van der Waals surface area contributed by atoms with Crippen molar-refractivity contribution >= 4 is 27.5 Å². The van der Waals surface area contributed by atoms with Crippen LogP contribution in [0.1, 0.15) is 12.0 Å². The number of carbonyl (C=O) groups excluding carboxylic acids is 1. The van der Waals surface area contributed by atoms with Crippen molar-refractivity contribution < 1.29 is 9.53 Å². The van der Waals surface area contributed by atoms with Crippen LogP contribution in [-0.2, 0) is 11.3 Å². The first-order valence-corrected chi connectivity index (χ1v) is 8.24. The lowest BCUT2D eigenvalue weighted by molar-refractivity contribution is -0.116. The third-order valence-electron chi connectivity index (χ3n) is 3.50. The number of halogens is 1. The molecule has 0 spiro atoms. The van der Waals surface area contributed by atoms with Crippen LogP contribution in [0.15, 0.2) is 53.0 Å². The molecule has 1 amide bonds. The second-order valence-electron chi connectivity index (χ2n) is 5.33. The molecule has 2 aromatic carbocycles. The maximum atomic E-state index is 12.1. The molecule has 4 nitrogen and oxygen atoms in total. The van der Waals surface area contributed by atoms with Crippen LogP contribution in [0.4, 0.5) is 5.69 Å². The van der Waals surface area contributed by atoms with Gasteiger partial charge in [0.2, 0.25) is 5.91 Å². The van der Waals surface area contributed by atoms with Gasteiger partial charge >= 0.3 is 0 Å². The lowest BCUT2D eigenvalue weighted by Gasteiger charge is -2.17. The van der Waals surface area contributed by atoms with Crippen LogP contribution in [0.2, 0.25) is 0 Å². The van der Waals surface area contributed by atoms with E-state index in [2.05, 4.69) is 32.2 Å². The molecule has 122 valence electrons. The first-order valence-electron chi connectivity index (χ1n) is 7.45. The van der Waals surface area contributed by atoms with E-state index in [4.69, 9.17) is 4.74 Å². The van der Waals surface area contributed by atoms with E-state index in [9.17, 15) is 4.79 Å². The third kappa shape index (κ3) is 5.37. The molecule has 0 saturated heterocycles. The maximum absolute atomic E-state index is 12.1. The first-order chi connectivity index (χ1) is 11.1. The second-order valence-corrected chi connectivity index (χ2v) is 6.18. The van der Waals surface area contributed by atoms with E-state index in [0.717, 1.165) is 11.0 Å². The summed E-state index contributed by atoms with van der Waals surface area (Å²) in [4.78, 5) is 14.2. The lowest BCUT2D eigenvalue weighted by Crippen LogP contribution is -2.24. The highest BCUT2D eigenvalue weighted by Crippen LogP contribution is 2.23. The fraction of sp³-hybridized carbons (Fsp3) is 0.278. The lowest BCUT2D eigenvalue weighted by atomic mass is 10.2. The molecule has 1 N–H and O–H groups in total. The summed E-state index contributed by atoms with van der Waals surface area (Å²) in [5.41, 5.74) is 1.91. The summed E-state index contributed by atoms with van der Waals surface area (Å²) >= 11 is 3.55. The first kappa shape index (κ1) is 17.5. The van der Waals surface area contributed by atoms with E-state index in [1.807, 2.05) is 49.5 Å². The normalized spacial score (nSPS) is 10.6. The standard InChI is InChI=1S/C18H21BrN2O2/c1-21(13-14-7-3-4-8-15(14)19)12-11-18(22)20-16-9-5-6-10-17(16)23-2/h3-10H,11-13H2,1-2H3,(H,20,22). The quantitative estimate of drug-likeness (QED) is 0.795. The number of methoxy groups -OCH3 is 1. The molecule has 0 atom stereocenters. The van der Waals surface area contributed by atoms with Crippen molar-refractivity contribution in [3.63, 3.8) is 0 Å². The molecule has 0 fully saturated rings. The molecule has 2 aromatic rings. The Morgan fingerprint density at radius 3 is 2.61 bits per heavy atom. The van der Waals surface area contributed by atoms with Crippen molar-refractivity contribution in [2.24, 2.45) is 0 Å². The molecule has 23 heavy (non-hydrogen) atoms. The van der Waals surface area contributed by atoms with E-state index in [1.165, 1.54) is 5.56 Å². The van der Waals surface area contributed by atoms with Crippen LogP contribution < -0.4 is 10.1 Å². The van der Waals surface area contributed by atoms with E-state index < -0.39 is 0 Å². The number of amides is 1. The van der Waals surface area contributed by atoms with Gasteiger partial charge in [0.1, 0.15) is 5.75 Å². The molecule has 0 heterocycles. The summed E-state index contributed by atoms with van der Waals surface area (Å²) in [5.74, 6) is 0.649. The van der Waals surface area contributed by atoms with Gasteiger partial charge < -0.3 is 15.0 Å². The summed E-state index contributed by atoms with van der Waals surface area (Å²) in [7, 11) is 3.60. The van der Waals surface area contributed by atoms with Crippen molar-refractivity contribution in [1.82, 2.24) is 4.90 Å². The zero-order chi connectivity index (χ0) is 16.7. The fourth-order valence-corrected chi connectivity index (χ4v) is 2.66. The van der Waals surface area contributed by atoms with Gasteiger partial charge in [0.25, 0.3) is 0 Å². The van der Waals surface area contributed by atoms with E-state index in [0.29, 0.717) is 24.4 Å². The monoisotopic (exact) mass is 376 g/mol. The van der Waals surface area contributed by atoms with Crippen molar-refractivity contribution in [1.29, 1.82) is 0 Å². The molecule has 0 aliphatic rings. The van der Waals surface area contributed by atoms with Crippen LogP contribution in [0.25, 0.3) is 0 Å². The maximum Gasteiger partial charge on any atom is 0.225 e. The van der Waals surface area contributed by atoms with Crippen LogP contribution >= 0.6 is 15.9 Å². The highest BCUT2D eigenvalue weighted by molar-refractivity contribution is 9.10. The number of nitrogens with zero attached hydrogens (tertiary/aromatic N) is 1. The Bertz CT molecular complexity index is 661. The SMILES string of the molecule is COc1ccccc1NC(=O)CCN(C)Cc1ccccc1Br. The van der Waals surface area contributed by atoms with Crippen LogP contribution in [-0.4, -0.2) is 31.5 Å². The highest BCUT2D eigenvalue weighted by atomic mass is 79.9. The number of rotatable bonds is 7. The Morgan fingerprint density at radius 2 is 1.87 bits per heavy atom. The number of nitrogens with one attached hydrogen (secondary N) is 1. The second kappa shape index (κ2) is 8.70. The van der Waals surface area contributed by atoms with Gasteiger partial charge in [-0.25, -0.2) is 0 Å². The Balaban J connectivity index is 1.83. The predicted octanol–water partition coefficient (Wildman–Crippen LogP) is 3.92. The summed E-state index contributed by atoms with van der Waals surface area (Å²) in [6.45, 7) is 1.48. The zero-order valence-corrected chi connectivity index (χ0v) is 15.0. The van der Waals surface area contributed by atoms with E-state index >= 15 is 0 Å². The average molecular weight is 377 g/mol. The average Bonchev–Trinajstić information content (AvgIpc) is 2.55. The summed E-state index contributed by atoms with van der Waals surface area (Å²) < 4.78 is 6.32. The molecule has 5 heteroatoms. The molecular formula is C18H21BrN2O2. The van der Waals surface area contributed by atoms with Crippen LogP contribution in [0.5, 0.6) is 5.75 Å². The fourth-order valence-electron chi connectivity index (χ4n) is 2.25. The van der Waals surface area contributed by atoms with Gasteiger partial charge in [0.05, 0.1) is 12.8 Å². The summed E-state index contributed by atoms with van der Waals surface area (Å²) in [5, 5.41) is 2.89. The number of carbonyl (C=O) groups is 1. The van der Waals surface area contributed by atoms with Crippen molar-refractivity contribution in [3.8, 4) is 5.75 Å². The number of ether oxygens (including phenoxy) is 1. The van der Waals surface area contributed by atoms with Gasteiger partial charge in [-0.1, -0.05) is 46.3 Å². The van der Waals surface area contributed by atoms with Gasteiger partial charge in [0, 0.05) is 24.0 Å². The molecule has 0 aliphatic heterocycles. The minimum absolute atomic E-state index is 0.0199. The molecule has 2 rings (SSSR count). The molecular weight excluding hydrogens is 356 g/mol. The molecule has 0 saturated carbocycles. The Hall–Kier alpha value is -1.85. The largest absolute Gasteiger partial charge is 0.495 e. The van der Waals surface area contributed by atoms with Gasteiger partial charge in [0.15, 0.2) is 0 Å². The minimum Gasteiger partial charge on any atom is -0.495 e. The number of hydrogen-bond donors (Lipinski definition) is 1. The highest BCUT2D eigenvalue weighted by Gasteiger charge is 2.09. The smallest absolute Gasteiger partial charge is 0.225 e. The summed E-state index contributed by atoms with van der Waals surface area (Å²) in [6.07, 6.45) is 0.430. The van der Waals surface area contributed by atoms with Gasteiger partial charge in [-0.2, -0.15) is 0 Å². The number of anilines is 1. The van der Waals surface area contributed by atoms with Crippen LogP contribution in [0.3, 0.4) is 0 Å². The van der Waals surface area contributed by atoms with Crippen LogP contribution in [0, 0.1) is 0 Å². The zero-order valence-electron chi connectivity index (χ0n) is 13.4. The minimum atomic E-state index is -0.0199.